The standard InChI is InChI=1S/C19H15F4N5O/c1-2-3-4-17(29)28-16-8-12-15(9-24-16)25-10-26-18(12)27-11-5-6-14(20)13(7-11)19(21,22)23/h3-10H,2H2,1H3,(H,24,28,29)(H,25,26,27)/b4-3+. The van der Waals surface area contributed by atoms with Gasteiger partial charge >= 0.3 is 6.18 Å². The number of nitrogens with one attached hydrogen (secondary N) is 2. The summed E-state index contributed by atoms with van der Waals surface area (Å²) in [4.78, 5) is 24.0. The first-order valence-electron chi connectivity index (χ1n) is 8.50. The molecule has 0 unspecified atom stereocenters. The second-order valence-electron chi connectivity index (χ2n) is 5.93. The number of aromatic nitrogens is 3. The number of carbonyl (C=O) groups is 1. The number of rotatable bonds is 5. The summed E-state index contributed by atoms with van der Waals surface area (Å²) in [5, 5.41) is 5.72. The van der Waals surface area contributed by atoms with E-state index in [1.165, 1.54) is 24.7 Å². The summed E-state index contributed by atoms with van der Waals surface area (Å²) < 4.78 is 52.3. The predicted molar refractivity (Wildman–Crippen MR) is 100 cm³/mol. The Hall–Kier alpha value is -3.56. The van der Waals surface area contributed by atoms with Crippen LogP contribution in [-0.4, -0.2) is 20.9 Å². The molecular formula is C19H15F4N5O. The predicted octanol–water partition coefficient (Wildman–Crippen LogP) is 4.83. The summed E-state index contributed by atoms with van der Waals surface area (Å²) in [5.74, 6) is -1.35. The van der Waals surface area contributed by atoms with Crippen LogP contribution in [0.2, 0.25) is 0 Å². The number of alkyl halides is 3. The molecule has 1 amide bonds. The molecule has 0 radical (unpaired) electrons. The van der Waals surface area contributed by atoms with Crippen molar-refractivity contribution in [2.45, 2.75) is 19.5 Å². The molecule has 0 bridgehead atoms. The number of hydrogen-bond donors (Lipinski definition) is 2. The minimum atomic E-state index is -4.83. The van der Waals surface area contributed by atoms with Gasteiger partial charge in [-0.2, -0.15) is 13.2 Å². The first-order valence-corrected chi connectivity index (χ1v) is 8.50. The van der Waals surface area contributed by atoms with Crippen molar-refractivity contribution in [1.82, 2.24) is 15.0 Å². The molecular weight excluding hydrogens is 390 g/mol. The van der Waals surface area contributed by atoms with Crippen molar-refractivity contribution in [2.24, 2.45) is 0 Å². The van der Waals surface area contributed by atoms with Crippen LogP contribution in [-0.2, 0) is 11.0 Å². The zero-order chi connectivity index (χ0) is 21.0. The minimum absolute atomic E-state index is 0.00741. The smallest absolute Gasteiger partial charge is 0.340 e. The van der Waals surface area contributed by atoms with Crippen molar-refractivity contribution in [3.05, 3.63) is 60.3 Å². The SMILES string of the molecule is CC/C=C/C(=O)Nc1cc2c(Nc3ccc(F)c(C(F)(F)F)c3)ncnc2cn1. The van der Waals surface area contributed by atoms with Crippen molar-refractivity contribution >= 4 is 34.1 Å². The third kappa shape index (κ3) is 4.84. The van der Waals surface area contributed by atoms with Crippen molar-refractivity contribution in [2.75, 3.05) is 10.6 Å². The lowest BCUT2D eigenvalue weighted by atomic mass is 10.1. The molecule has 0 aliphatic heterocycles. The zero-order valence-electron chi connectivity index (χ0n) is 15.1. The molecule has 0 aliphatic rings. The number of allylic oxidation sites excluding steroid dienone is 1. The molecule has 0 fully saturated rings. The summed E-state index contributed by atoms with van der Waals surface area (Å²) in [5.41, 5.74) is -0.993. The van der Waals surface area contributed by atoms with Gasteiger partial charge in [0.15, 0.2) is 0 Å². The number of carbonyl (C=O) groups excluding carboxylic acids is 1. The minimum Gasteiger partial charge on any atom is -0.340 e. The molecule has 3 aromatic rings. The number of anilines is 3. The molecule has 2 aromatic heterocycles. The molecule has 2 N–H and O–H groups in total. The Morgan fingerprint density at radius 3 is 2.69 bits per heavy atom. The van der Waals surface area contributed by atoms with E-state index < -0.39 is 17.6 Å². The maximum absolute atomic E-state index is 13.5. The summed E-state index contributed by atoms with van der Waals surface area (Å²) in [6, 6.07) is 4.03. The molecule has 150 valence electrons. The van der Waals surface area contributed by atoms with Gasteiger partial charge in [0.2, 0.25) is 5.91 Å². The lowest BCUT2D eigenvalue weighted by Gasteiger charge is -2.12. The van der Waals surface area contributed by atoms with Crippen LogP contribution in [0.25, 0.3) is 10.9 Å². The third-order valence-corrected chi connectivity index (χ3v) is 3.81. The Kier molecular flexibility index (Phi) is 5.71. The van der Waals surface area contributed by atoms with Crippen LogP contribution >= 0.6 is 0 Å². The average molecular weight is 405 g/mol. The van der Waals surface area contributed by atoms with Crippen LogP contribution < -0.4 is 10.6 Å². The van der Waals surface area contributed by atoms with E-state index >= 15 is 0 Å². The quantitative estimate of drug-likeness (QED) is 0.470. The molecule has 2 heterocycles. The molecule has 0 saturated carbocycles. The molecule has 0 saturated heterocycles. The van der Waals surface area contributed by atoms with Crippen molar-refractivity contribution in [3.63, 3.8) is 0 Å². The number of pyridine rings is 1. The Bertz CT molecular complexity index is 1080. The van der Waals surface area contributed by atoms with E-state index in [4.69, 9.17) is 0 Å². The Labute approximate surface area is 162 Å². The van der Waals surface area contributed by atoms with Gasteiger partial charge in [-0.15, -0.1) is 0 Å². The monoisotopic (exact) mass is 405 g/mol. The van der Waals surface area contributed by atoms with Crippen molar-refractivity contribution < 1.29 is 22.4 Å². The largest absolute Gasteiger partial charge is 0.419 e. The lowest BCUT2D eigenvalue weighted by molar-refractivity contribution is -0.139. The second kappa shape index (κ2) is 8.21. The van der Waals surface area contributed by atoms with E-state index in [0.717, 1.165) is 12.1 Å². The van der Waals surface area contributed by atoms with Crippen molar-refractivity contribution in [3.8, 4) is 0 Å². The van der Waals surface area contributed by atoms with Gasteiger partial charge in [-0.05, 0) is 36.8 Å². The van der Waals surface area contributed by atoms with Gasteiger partial charge in [0.05, 0.1) is 17.3 Å². The van der Waals surface area contributed by atoms with Gasteiger partial charge in [0.1, 0.15) is 23.8 Å². The van der Waals surface area contributed by atoms with Gasteiger partial charge in [-0.3, -0.25) is 4.79 Å². The van der Waals surface area contributed by atoms with Crippen LogP contribution in [0.15, 0.2) is 48.9 Å². The first kappa shape index (κ1) is 20.2. The average Bonchev–Trinajstić information content (AvgIpc) is 2.67. The molecule has 6 nitrogen and oxygen atoms in total. The molecule has 29 heavy (non-hydrogen) atoms. The fourth-order valence-electron chi connectivity index (χ4n) is 2.48. The zero-order valence-corrected chi connectivity index (χ0v) is 15.1. The highest BCUT2D eigenvalue weighted by molar-refractivity contribution is 6.00. The fraction of sp³-hybridized carbons (Fsp3) is 0.158. The molecule has 1 aromatic carbocycles. The summed E-state index contributed by atoms with van der Waals surface area (Å²) in [6.07, 6.45) is 1.51. The maximum atomic E-state index is 13.5. The normalized spacial score (nSPS) is 11.8. The van der Waals surface area contributed by atoms with E-state index in [1.54, 1.807) is 6.08 Å². The van der Waals surface area contributed by atoms with Crippen LogP contribution in [0.3, 0.4) is 0 Å². The number of nitrogens with zero attached hydrogens (tertiary/aromatic N) is 3. The van der Waals surface area contributed by atoms with Gasteiger partial charge in [-0.1, -0.05) is 13.0 Å². The van der Waals surface area contributed by atoms with Gasteiger partial charge in [0.25, 0.3) is 0 Å². The van der Waals surface area contributed by atoms with Crippen molar-refractivity contribution in [1.29, 1.82) is 0 Å². The molecule has 3 rings (SSSR count). The Morgan fingerprint density at radius 2 is 1.97 bits per heavy atom. The first-order chi connectivity index (χ1) is 13.8. The Balaban J connectivity index is 1.95. The summed E-state index contributed by atoms with van der Waals surface area (Å²) >= 11 is 0. The topological polar surface area (TPSA) is 79.8 Å². The second-order valence-corrected chi connectivity index (χ2v) is 5.93. The summed E-state index contributed by atoms with van der Waals surface area (Å²) in [7, 11) is 0. The number of benzene rings is 1. The highest BCUT2D eigenvalue weighted by Gasteiger charge is 2.34. The molecule has 10 heteroatoms. The third-order valence-electron chi connectivity index (χ3n) is 3.81. The van der Waals surface area contributed by atoms with E-state index in [2.05, 4.69) is 25.6 Å². The molecule has 0 spiro atoms. The van der Waals surface area contributed by atoms with Crippen LogP contribution in [0.1, 0.15) is 18.9 Å². The maximum Gasteiger partial charge on any atom is 0.419 e. The van der Waals surface area contributed by atoms with Gasteiger partial charge in [0, 0.05) is 11.1 Å². The highest BCUT2D eigenvalue weighted by Crippen LogP contribution is 2.34. The highest BCUT2D eigenvalue weighted by atomic mass is 19.4. The fourth-order valence-corrected chi connectivity index (χ4v) is 2.48. The molecule has 0 aliphatic carbocycles. The number of fused-ring (bicyclic) bond motifs is 1. The van der Waals surface area contributed by atoms with Crippen LogP contribution in [0.4, 0.5) is 34.9 Å². The van der Waals surface area contributed by atoms with Crippen LogP contribution in [0, 0.1) is 5.82 Å². The number of halogens is 4. The van der Waals surface area contributed by atoms with E-state index in [1.807, 2.05) is 6.92 Å². The lowest BCUT2D eigenvalue weighted by Crippen LogP contribution is -2.10. The van der Waals surface area contributed by atoms with Gasteiger partial charge < -0.3 is 10.6 Å². The number of amides is 1. The molecule has 0 atom stereocenters. The van der Waals surface area contributed by atoms with E-state index in [0.29, 0.717) is 23.4 Å². The van der Waals surface area contributed by atoms with Crippen LogP contribution in [0.5, 0.6) is 0 Å². The summed E-state index contributed by atoms with van der Waals surface area (Å²) in [6.45, 7) is 1.88. The Morgan fingerprint density at radius 1 is 1.17 bits per heavy atom. The number of hydrogen-bond acceptors (Lipinski definition) is 5. The van der Waals surface area contributed by atoms with E-state index in [-0.39, 0.29) is 23.2 Å². The van der Waals surface area contributed by atoms with Gasteiger partial charge in [-0.25, -0.2) is 19.3 Å². The van der Waals surface area contributed by atoms with E-state index in [9.17, 15) is 22.4 Å².